The molecule has 120 valence electrons. The van der Waals surface area contributed by atoms with Gasteiger partial charge in [0.15, 0.2) is 5.96 Å². The fourth-order valence-electron chi connectivity index (χ4n) is 1.59. The van der Waals surface area contributed by atoms with E-state index in [0.29, 0.717) is 6.61 Å². The lowest BCUT2D eigenvalue weighted by Gasteiger charge is -2.17. The molecule has 21 heavy (non-hydrogen) atoms. The highest BCUT2D eigenvalue weighted by Crippen LogP contribution is 2.19. The summed E-state index contributed by atoms with van der Waals surface area (Å²) in [4.78, 5) is 5.39. The number of halogens is 2. The van der Waals surface area contributed by atoms with E-state index >= 15 is 0 Å². The van der Waals surface area contributed by atoms with Crippen LogP contribution in [0, 0.1) is 0 Å². The summed E-state index contributed by atoms with van der Waals surface area (Å²) in [6.07, 6.45) is 0. The zero-order valence-corrected chi connectivity index (χ0v) is 16.5. The molecule has 0 aliphatic carbocycles. The number of nitrogens with zero attached hydrogens (tertiary/aromatic N) is 1. The second kappa shape index (κ2) is 12.4. The maximum atomic E-state index is 5.85. The fourth-order valence-corrected chi connectivity index (χ4v) is 2.48. The Labute approximate surface area is 153 Å². The van der Waals surface area contributed by atoms with Crippen LogP contribution in [0.5, 0.6) is 0 Å². The van der Waals surface area contributed by atoms with Gasteiger partial charge in [-0.15, -0.1) is 35.7 Å². The molecule has 0 aliphatic rings. The number of hydrogen-bond donors (Lipinski definition) is 2. The van der Waals surface area contributed by atoms with E-state index in [4.69, 9.17) is 16.3 Å². The minimum absolute atomic E-state index is 0. The topological polar surface area (TPSA) is 45.7 Å². The Kier molecular flexibility index (Phi) is 12.3. The number of rotatable bonds is 7. The van der Waals surface area contributed by atoms with Gasteiger partial charge < -0.3 is 15.4 Å². The number of nitrogens with one attached hydrogen (secondary N) is 2. The number of guanidine groups is 1. The van der Waals surface area contributed by atoms with Crippen molar-refractivity contribution in [2.45, 2.75) is 17.9 Å². The molecule has 4 nitrogen and oxygen atoms in total. The molecule has 7 heteroatoms. The molecule has 1 aromatic rings. The van der Waals surface area contributed by atoms with E-state index in [1.807, 2.05) is 24.3 Å². The second-order valence-corrected chi connectivity index (χ2v) is 5.91. The molecule has 1 atom stereocenters. The van der Waals surface area contributed by atoms with Crippen LogP contribution in [0.2, 0.25) is 5.02 Å². The highest BCUT2D eigenvalue weighted by molar-refractivity contribution is 14.0. The van der Waals surface area contributed by atoms with Crippen LogP contribution in [0.3, 0.4) is 0 Å². The number of ether oxygens (including phenoxy) is 1. The van der Waals surface area contributed by atoms with Crippen LogP contribution in [-0.4, -0.2) is 45.1 Å². The number of methoxy groups -OCH3 is 1. The lowest BCUT2D eigenvalue weighted by molar-refractivity contribution is 0.179. The van der Waals surface area contributed by atoms with Crippen molar-refractivity contribution >= 4 is 53.3 Å². The fraction of sp³-hybridized carbons (Fsp3) is 0.500. The van der Waals surface area contributed by atoms with Gasteiger partial charge in [-0.1, -0.05) is 11.6 Å². The van der Waals surface area contributed by atoms with Gasteiger partial charge in [0.25, 0.3) is 0 Å². The summed E-state index contributed by atoms with van der Waals surface area (Å²) < 4.78 is 5.08. The molecule has 0 saturated carbocycles. The van der Waals surface area contributed by atoms with E-state index in [0.717, 1.165) is 23.3 Å². The molecule has 0 radical (unpaired) electrons. The Morgan fingerprint density at radius 3 is 2.62 bits per heavy atom. The van der Waals surface area contributed by atoms with Crippen LogP contribution in [0.1, 0.15) is 6.92 Å². The van der Waals surface area contributed by atoms with Gasteiger partial charge in [0.2, 0.25) is 0 Å². The van der Waals surface area contributed by atoms with Gasteiger partial charge in [-0.05, 0) is 31.2 Å². The van der Waals surface area contributed by atoms with E-state index in [9.17, 15) is 0 Å². The van der Waals surface area contributed by atoms with E-state index in [1.165, 1.54) is 4.90 Å². The van der Waals surface area contributed by atoms with E-state index in [2.05, 4.69) is 22.5 Å². The van der Waals surface area contributed by atoms with Crippen molar-refractivity contribution in [2.75, 3.05) is 33.1 Å². The van der Waals surface area contributed by atoms with Gasteiger partial charge >= 0.3 is 0 Å². The van der Waals surface area contributed by atoms with Crippen molar-refractivity contribution in [3.63, 3.8) is 0 Å². The van der Waals surface area contributed by atoms with Gasteiger partial charge in [0.05, 0.1) is 6.61 Å². The molecule has 1 unspecified atom stereocenters. The molecule has 0 bridgehead atoms. The average molecular weight is 444 g/mol. The Morgan fingerprint density at radius 2 is 2.05 bits per heavy atom. The van der Waals surface area contributed by atoms with E-state index < -0.39 is 0 Å². The SMILES string of the molecule is CN=C(NCCSc1ccc(Cl)cc1)NC(C)COC.I. The van der Waals surface area contributed by atoms with Gasteiger partial charge in [-0.25, -0.2) is 0 Å². The third-order valence-electron chi connectivity index (χ3n) is 2.50. The van der Waals surface area contributed by atoms with Crippen molar-refractivity contribution < 1.29 is 4.74 Å². The lowest BCUT2D eigenvalue weighted by Crippen LogP contribution is -2.44. The standard InChI is InChI=1S/C14H22ClN3OS.HI/c1-11(10-19-3)18-14(16-2)17-8-9-20-13-6-4-12(15)5-7-13;/h4-7,11H,8-10H2,1-3H3,(H2,16,17,18);1H. The van der Waals surface area contributed by atoms with Crippen LogP contribution in [0.4, 0.5) is 0 Å². The molecule has 0 fully saturated rings. The molecule has 0 aliphatic heterocycles. The van der Waals surface area contributed by atoms with E-state index in [1.54, 1.807) is 25.9 Å². The van der Waals surface area contributed by atoms with Crippen molar-refractivity contribution in [3.05, 3.63) is 29.3 Å². The summed E-state index contributed by atoms with van der Waals surface area (Å²) in [6, 6.07) is 8.10. The first-order valence-electron chi connectivity index (χ1n) is 6.50. The van der Waals surface area contributed by atoms with Crippen LogP contribution in [0.25, 0.3) is 0 Å². The Bertz CT molecular complexity index is 417. The molecule has 0 spiro atoms. The summed E-state index contributed by atoms with van der Waals surface area (Å²) >= 11 is 7.63. The van der Waals surface area contributed by atoms with Gasteiger partial charge in [0, 0.05) is 42.4 Å². The maximum Gasteiger partial charge on any atom is 0.191 e. The third kappa shape index (κ3) is 9.44. The first-order valence-corrected chi connectivity index (χ1v) is 7.86. The summed E-state index contributed by atoms with van der Waals surface area (Å²) in [6.45, 7) is 3.55. The number of thioether (sulfide) groups is 1. The number of aliphatic imine (C=N–C) groups is 1. The molecule has 0 saturated heterocycles. The molecular formula is C14H23ClIN3OS. The lowest BCUT2D eigenvalue weighted by atomic mass is 10.4. The molecule has 1 rings (SSSR count). The van der Waals surface area contributed by atoms with E-state index in [-0.39, 0.29) is 30.0 Å². The van der Waals surface area contributed by atoms with Crippen LogP contribution < -0.4 is 10.6 Å². The predicted octanol–water partition coefficient (Wildman–Crippen LogP) is 3.25. The van der Waals surface area contributed by atoms with Crippen LogP contribution in [0.15, 0.2) is 34.2 Å². The Morgan fingerprint density at radius 1 is 1.38 bits per heavy atom. The first kappa shape index (κ1) is 20.8. The zero-order chi connectivity index (χ0) is 14.8. The molecule has 0 aromatic heterocycles. The highest BCUT2D eigenvalue weighted by atomic mass is 127. The summed E-state index contributed by atoms with van der Waals surface area (Å²) in [5, 5.41) is 7.31. The van der Waals surface area contributed by atoms with Crippen molar-refractivity contribution in [2.24, 2.45) is 4.99 Å². The summed E-state index contributed by atoms with van der Waals surface area (Å²) in [5.41, 5.74) is 0. The molecular weight excluding hydrogens is 421 g/mol. The monoisotopic (exact) mass is 443 g/mol. The summed E-state index contributed by atoms with van der Waals surface area (Å²) in [5.74, 6) is 1.76. The third-order valence-corrected chi connectivity index (χ3v) is 3.77. The smallest absolute Gasteiger partial charge is 0.191 e. The molecule has 2 N–H and O–H groups in total. The zero-order valence-electron chi connectivity index (χ0n) is 12.6. The second-order valence-electron chi connectivity index (χ2n) is 4.30. The largest absolute Gasteiger partial charge is 0.383 e. The quantitative estimate of drug-likeness (QED) is 0.223. The highest BCUT2D eigenvalue weighted by Gasteiger charge is 2.03. The van der Waals surface area contributed by atoms with Crippen molar-refractivity contribution in [1.82, 2.24) is 10.6 Å². The maximum absolute atomic E-state index is 5.85. The molecule has 1 aromatic carbocycles. The number of benzene rings is 1. The van der Waals surface area contributed by atoms with Crippen LogP contribution >= 0.6 is 47.3 Å². The van der Waals surface area contributed by atoms with Gasteiger partial charge in [-0.2, -0.15) is 0 Å². The first-order chi connectivity index (χ1) is 9.65. The molecule has 0 amide bonds. The predicted molar refractivity (Wildman–Crippen MR) is 103 cm³/mol. The number of hydrogen-bond acceptors (Lipinski definition) is 3. The Balaban J connectivity index is 0.00000400. The summed E-state index contributed by atoms with van der Waals surface area (Å²) in [7, 11) is 3.46. The molecule has 0 heterocycles. The minimum Gasteiger partial charge on any atom is -0.383 e. The minimum atomic E-state index is 0. The van der Waals surface area contributed by atoms with Gasteiger partial charge in [0.1, 0.15) is 0 Å². The average Bonchev–Trinajstić information content (AvgIpc) is 2.44. The van der Waals surface area contributed by atoms with Crippen molar-refractivity contribution in [3.8, 4) is 0 Å². The Hall–Kier alpha value is -0.180. The normalized spacial score (nSPS) is 12.5. The van der Waals surface area contributed by atoms with Gasteiger partial charge in [-0.3, -0.25) is 4.99 Å². The van der Waals surface area contributed by atoms with Crippen molar-refractivity contribution in [1.29, 1.82) is 0 Å². The van der Waals surface area contributed by atoms with Crippen LogP contribution in [-0.2, 0) is 4.74 Å².